The van der Waals surface area contributed by atoms with Crippen LogP contribution in [0.1, 0.15) is 33.1 Å². The lowest BCUT2D eigenvalue weighted by Crippen LogP contribution is -2.43. The summed E-state index contributed by atoms with van der Waals surface area (Å²) in [5, 5.41) is 3.57. The van der Waals surface area contributed by atoms with Crippen LogP contribution in [-0.4, -0.2) is 37.0 Å². The molecule has 0 aromatic carbocycles. The van der Waals surface area contributed by atoms with Gasteiger partial charge in [-0.25, -0.2) is 0 Å². The molecule has 0 spiro atoms. The van der Waals surface area contributed by atoms with Crippen molar-refractivity contribution in [1.82, 2.24) is 10.2 Å². The molecule has 1 aliphatic carbocycles. The summed E-state index contributed by atoms with van der Waals surface area (Å²) in [6, 6.07) is 0.701. The van der Waals surface area contributed by atoms with E-state index < -0.39 is 0 Å². The maximum Gasteiger partial charge on any atom is 0.193 e. The van der Waals surface area contributed by atoms with E-state index in [9.17, 15) is 0 Å². The zero-order chi connectivity index (χ0) is 10.8. The summed E-state index contributed by atoms with van der Waals surface area (Å²) < 4.78 is 0. The SMILES string of the molecule is CC(C)C[C@@H]1C[C@H]1NC1=NCCCN1C. The highest BCUT2D eigenvalue weighted by atomic mass is 15.3. The Morgan fingerprint density at radius 3 is 3.00 bits per heavy atom. The molecule has 0 unspecified atom stereocenters. The second-order valence-corrected chi connectivity index (χ2v) is 5.36. The Hall–Kier alpha value is -0.730. The summed E-state index contributed by atoms with van der Waals surface area (Å²) in [7, 11) is 2.13. The number of hydrogen-bond donors (Lipinski definition) is 1. The van der Waals surface area contributed by atoms with Crippen LogP contribution in [0.15, 0.2) is 4.99 Å². The van der Waals surface area contributed by atoms with Gasteiger partial charge in [-0.1, -0.05) is 13.8 Å². The molecule has 0 aromatic heterocycles. The Bertz CT molecular complexity index is 247. The van der Waals surface area contributed by atoms with E-state index in [2.05, 4.69) is 36.1 Å². The molecular formula is C12H23N3. The second-order valence-electron chi connectivity index (χ2n) is 5.36. The van der Waals surface area contributed by atoms with Gasteiger partial charge in [0.15, 0.2) is 5.96 Å². The van der Waals surface area contributed by atoms with Gasteiger partial charge < -0.3 is 10.2 Å². The maximum absolute atomic E-state index is 4.54. The van der Waals surface area contributed by atoms with Crippen molar-refractivity contribution in [2.24, 2.45) is 16.8 Å². The van der Waals surface area contributed by atoms with Crippen LogP contribution in [0.5, 0.6) is 0 Å². The van der Waals surface area contributed by atoms with Gasteiger partial charge in [-0.15, -0.1) is 0 Å². The van der Waals surface area contributed by atoms with Gasteiger partial charge >= 0.3 is 0 Å². The predicted octanol–water partition coefficient (Wildman–Crippen LogP) is 1.70. The molecule has 1 aliphatic heterocycles. The third-order valence-corrected chi connectivity index (χ3v) is 3.29. The fourth-order valence-electron chi connectivity index (χ4n) is 2.33. The van der Waals surface area contributed by atoms with Gasteiger partial charge in [0.1, 0.15) is 0 Å². The summed E-state index contributed by atoms with van der Waals surface area (Å²) in [5.41, 5.74) is 0. The second kappa shape index (κ2) is 4.42. The summed E-state index contributed by atoms with van der Waals surface area (Å²) in [6.45, 7) is 6.75. The molecule has 0 bridgehead atoms. The Morgan fingerprint density at radius 2 is 2.33 bits per heavy atom. The predicted molar refractivity (Wildman–Crippen MR) is 64.0 cm³/mol. The average molecular weight is 209 g/mol. The van der Waals surface area contributed by atoms with Crippen LogP contribution in [0, 0.1) is 11.8 Å². The molecule has 3 heteroatoms. The van der Waals surface area contributed by atoms with Crippen LogP contribution in [0.2, 0.25) is 0 Å². The molecule has 15 heavy (non-hydrogen) atoms. The Morgan fingerprint density at radius 1 is 1.53 bits per heavy atom. The van der Waals surface area contributed by atoms with Crippen molar-refractivity contribution < 1.29 is 0 Å². The first-order valence-electron chi connectivity index (χ1n) is 6.19. The third kappa shape index (κ3) is 2.86. The first-order chi connectivity index (χ1) is 7.16. The van der Waals surface area contributed by atoms with Gasteiger partial charge in [-0.2, -0.15) is 0 Å². The van der Waals surface area contributed by atoms with E-state index in [1.807, 2.05) is 0 Å². The molecule has 2 atom stereocenters. The minimum atomic E-state index is 0.701. The molecule has 3 nitrogen and oxygen atoms in total. The smallest absolute Gasteiger partial charge is 0.193 e. The Kier molecular flexibility index (Phi) is 3.17. The Labute approximate surface area is 92.9 Å². The first-order valence-corrected chi connectivity index (χ1v) is 6.19. The monoisotopic (exact) mass is 209 g/mol. The van der Waals surface area contributed by atoms with Crippen LogP contribution in [-0.2, 0) is 0 Å². The molecule has 1 fully saturated rings. The van der Waals surface area contributed by atoms with Crippen LogP contribution in [0.4, 0.5) is 0 Å². The molecule has 1 N–H and O–H groups in total. The minimum absolute atomic E-state index is 0.701. The summed E-state index contributed by atoms with van der Waals surface area (Å²) in [4.78, 5) is 6.78. The largest absolute Gasteiger partial charge is 0.353 e. The lowest BCUT2D eigenvalue weighted by Gasteiger charge is -2.25. The number of rotatable bonds is 3. The van der Waals surface area contributed by atoms with Gasteiger partial charge in [0, 0.05) is 26.2 Å². The van der Waals surface area contributed by atoms with Crippen LogP contribution < -0.4 is 5.32 Å². The number of nitrogens with zero attached hydrogens (tertiary/aromatic N) is 2. The van der Waals surface area contributed by atoms with E-state index in [0.29, 0.717) is 6.04 Å². The van der Waals surface area contributed by atoms with E-state index >= 15 is 0 Å². The van der Waals surface area contributed by atoms with Crippen LogP contribution in [0.25, 0.3) is 0 Å². The highest BCUT2D eigenvalue weighted by molar-refractivity contribution is 5.80. The van der Waals surface area contributed by atoms with E-state index in [0.717, 1.165) is 30.9 Å². The van der Waals surface area contributed by atoms with Gasteiger partial charge in [0.05, 0.1) is 0 Å². The van der Waals surface area contributed by atoms with Crippen LogP contribution in [0.3, 0.4) is 0 Å². The average Bonchev–Trinajstić information content (AvgIpc) is 2.87. The highest BCUT2D eigenvalue weighted by Crippen LogP contribution is 2.36. The van der Waals surface area contributed by atoms with Crippen molar-refractivity contribution in [1.29, 1.82) is 0 Å². The molecule has 2 aliphatic rings. The number of guanidine groups is 1. The molecule has 0 radical (unpaired) electrons. The van der Waals surface area contributed by atoms with E-state index in [1.54, 1.807) is 0 Å². The molecule has 86 valence electrons. The first kappa shape index (κ1) is 10.8. The van der Waals surface area contributed by atoms with E-state index in [4.69, 9.17) is 0 Å². The lowest BCUT2D eigenvalue weighted by atomic mass is 10.1. The highest BCUT2D eigenvalue weighted by Gasteiger charge is 2.38. The third-order valence-electron chi connectivity index (χ3n) is 3.29. The molecule has 1 heterocycles. The van der Waals surface area contributed by atoms with Crippen molar-refractivity contribution in [3.05, 3.63) is 0 Å². The number of nitrogens with one attached hydrogen (secondary N) is 1. The molecule has 0 amide bonds. The number of hydrogen-bond acceptors (Lipinski definition) is 3. The summed E-state index contributed by atoms with van der Waals surface area (Å²) in [5.74, 6) is 2.84. The molecule has 0 saturated heterocycles. The summed E-state index contributed by atoms with van der Waals surface area (Å²) in [6.07, 6.45) is 3.89. The molecular weight excluding hydrogens is 186 g/mol. The fraction of sp³-hybridized carbons (Fsp3) is 0.917. The zero-order valence-corrected chi connectivity index (χ0v) is 10.2. The van der Waals surface area contributed by atoms with Crippen molar-refractivity contribution in [2.45, 2.75) is 39.2 Å². The van der Waals surface area contributed by atoms with Crippen molar-refractivity contribution >= 4 is 5.96 Å². The normalized spacial score (nSPS) is 30.4. The maximum atomic E-state index is 4.54. The standard InChI is InChI=1S/C12H23N3/c1-9(2)7-10-8-11(10)14-12-13-5-4-6-15(12)3/h9-11H,4-8H2,1-3H3,(H,13,14)/t10-,11-/m1/s1. The topological polar surface area (TPSA) is 27.6 Å². The quantitative estimate of drug-likeness (QED) is 0.766. The van der Waals surface area contributed by atoms with Gasteiger partial charge in [0.25, 0.3) is 0 Å². The van der Waals surface area contributed by atoms with Crippen LogP contribution >= 0.6 is 0 Å². The summed E-state index contributed by atoms with van der Waals surface area (Å²) >= 11 is 0. The van der Waals surface area contributed by atoms with Gasteiger partial charge in [-0.05, 0) is 31.1 Å². The van der Waals surface area contributed by atoms with Gasteiger partial charge in [0.2, 0.25) is 0 Å². The van der Waals surface area contributed by atoms with Crippen molar-refractivity contribution in [3.8, 4) is 0 Å². The molecule has 2 rings (SSSR count). The minimum Gasteiger partial charge on any atom is -0.353 e. The van der Waals surface area contributed by atoms with E-state index in [1.165, 1.54) is 19.3 Å². The van der Waals surface area contributed by atoms with Crippen molar-refractivity contribution in [2.75, 3.05) is 20.1 Å². The van der Waals surface area contributed by atoms with Crippen molar-refractivity contribution in [3.63, 3.8) is 0 Å². The van der Waals surface area contributed by atoms with E-state index in [-0.39, 0.29) is 0 Å². The fourth-order valence-corrected chi connectivity index (χ4v) is 2.33. The lowest BCUT2D eigenvalue weighted by molar-refractivity contribution is 0.440. The molecule has 1 saturated carbocycles. The zero-order valence-electron chi connectivity index (χ0n) is 10.2. The molecule has 0 aromatic rings. The number of aliphatic imine (C=N–C) groups is 1. The van der Waals surface area contributed by atoms with Gasteiger partial charge in [-0.3, -0.25) is 4.99 Å². The Balaban J connectivity index is 1.77.